The van der Waals surface area contributed by atoms with Gasteiger partial charge in [-0.25, -0.2) is 4.79 Å². The number of hydrogen-bond acceptors (Lipinski definition) is 7. The molecule has 0 saturated carbocycles. The highest BCUT2D eigenvalue weighted by Crippen LogP contribution is 2.46. The molecule has 0 atom stereocenters. The highest BCUT2D eigenvalue weighted by molar-refractivity contribution is 6.06. The van der Waals surface area contributed by atoms with E-state index in [1.807, 2.05) is 4.90 Å². The molecular weight excluding hydrogens is 981 g/mol. The number of nitrogen functional groups attached to an aromatic ring is 1. The van der Waals surface area contributed by atoms with Crippen molar-refractivity contribution in [1.29, 1.82) is 0 Å². The van der Waals surface area contributed by atoms with Gasteiger partial charge in [-0.15, -0.1) is 0 Å². The Morgan fingerprint density at radius 3 is 1.32 bits per heavy atom. The maximum Gasteiger partial charge on any atom is 0.418 e. The predicted molar refractivity (Wildman–Crippen MR) is 245 cm³/mol. The predicted octanol–water partition coefficient (Wildman–Crippen LogP) is 12.2. The number of hydrogen-bond donors (Lipinski definition) is 5. The van der Waals surface area contributed by atoms with E-state index in [0.717, 1.165) is 94.1 Å². The molecule has 6 aromatic rings. The number of halogens is 12. The number of carboxylic acids is 1. The molecular formula is C49H44F12N6O5. The summed E-state index contributed by atoms with van der Waals surface area (Å²) in [7, 11) is 0. The van der Waals surface area contributed by atoms with E-state index in [2.05, 4.69) is 20.2 Å². The van der Waals surface area contributed by atoms with Crippen molar-refractivity contribution in [3.05, 3.63) is 139 Å². The van der Waals surface area contributed by atoms with Crippen LogP contribution in [0.15, 0.2) is 94.8 Å². The number of carbonyl (C=O) groups is 2. The Morgan fingerprint density at radius 2 is 0.917 bits per heavy atom. The maximum atomic E-state index is 13.9. The third-order valence-corrected chi connectivity index (χ3v) is 13.3. The maximum absolute atomic E-state index is 13.9. The number of rotatable bonds is 5. The molecule has 4 aliphatic heterocycles. The van der Waals surface area contributed by atoms with E-state index in [-0.39, 0.29) is 36.2 Å². The van der Waals surface area contributed by atoms with Crippen LogP contribution in [0.4, 0.5) is 75.4 Å². The van der Waals surface area contributed by atoms with Gasteiger partial charge in [-0.1, -0.05) is 19.6 Å². The molecule has 1 amide bonds. The molecule has 10 rings (SSSR count). The second kappa shape index (κ2) is 19.4. The summed E-state index contributed by atoms with van der Waals surface area (Å²) in [4.78, 5) is 57.0. The number of aromatic nitrogens is 2. The van der Waals surface area contributed by atoms with Crippen molar-refractivity contribution in [2.45, 2.75) is 108 Å². The number of alkyl halides is 12. The Hall–Kier alpha value is -7.20. The fraction of sp³-hybridized carbons (Fsp3) is 0.347. The molecule has 23 heteroatoms. The number of carbonyl (C=O) groups excluding carboxylic acids is 1. The fourth-order valence-corrected chi connectivity index (χ4v) is 10.2. The van der Waals surface area contributed by atoms with Gasteiger partial charge in [-0.3, -0.25) is 14.4 Å². The van der Waals surface area contributed by atoms with Gasteiger partial charge >= 0.3 is 30.7 Å². The molecule has 384 valence electrons. The van der Waals surface area contributed by atoms with Gasteiger partial charge in [0.1, 0.15) is 11.1 Å². The van der Waals surface area contributed by atoms with Crippen LogP contribution in [0.5, 0.6) is 0 Å². The SMILES string of the molecule is C.Nc1ccc(N2C3CCC2CC3)cc1C(F)(F)F.O=C(Nc1ccc(N2C3CCC2CC3)cc1C(F)(F)F)c1c[nH]c2cccc(C(F)(F)F)c2c1=O.O=C(O)c1c[nH]c2cccc(C(F)(F)F)c2c1=O. The molecule has 4 aromatic carbocycles. The fourth-order valence-electron chi connectivity index (χ4n) is 10.2. The van der Waals surface area contributed by atoms with Crippen LogP contribution in [0.1, 0.15) is 102 Å². The second-order valence-corrected chi connectivity index (χ2v) is 17.5. The van der Waals surface area contributed by atoms with Crippen LogP contribution in [0.3, 0.4) is 0 Å². The first-order valence-electron chi connectivity index (χ1n) is 22.0. The summed E-state index contributed by atoms with van der Waals surface area (Å²) in [6.45, 7) is 0. The van der Waals surface area contributed by atoms with Gasteiger partial charge in [0.15, 0.2) is 0 Å². The zero-order chi connectivity index (χ0) is 51.5. The van der Waals surface area contributed by atoms with Crippen LogP contribution < -0.4 is 31.7 Å². The number of aromatic amines is 2. The van der Waals surface area contributed by atoms with E-state index >= 15 is 0 Å². The monoisotopic (exact) mass is 1020 g/mol. The normalized spacial score (nSPS) is 19.4. The van der Waals surface area contributed by atoms with Gasteiger partial charge in [0.2, 0.25) is 10.9 Å². The number of nitrogens with one attached hydrogen (secondary N) is 3. The van der Waals surface area contributed by atoms with Crippen LogP contribution in [0, 0.1) is 0 Å². The van der Waals surface area contributed by atoms with E-state index in [1.165, 1.54) is 30.3 Å². The standard InChI is InChI=1S/C24H19F6N3O2.C13H15F3N2.C11H6F3NO3.CH4/c25-23(26,27)16-2-1-3-19-20(16)21(34)15(11-31-19)22(35)32-18-9-8-14(10-17(18)24(28,29)30)33-12-4-5-13(33)7-6-12;14-13(15,16)11-7-10(5-6-12(11)17)18-8-1-2-9(18)4-3-8;12-11(13,14)6-2-1-3-7-8(6)9(16)5(4-15-7)10(17)18;/h1-3,8-13H,4-7H2,(H,31,34)(H,32,35);5-9H,1-4,17H2;1-4H,(H,15,16)(H,17,18);1H4. The van der Waals surface area contributed by atoms with Crippen LogP contribution >= 0.6 is 0 Å². The molecule has 4 fully saturated rings. The largest absolute Gasteiger partial charge is 0.477 e. The van der Waals surface area contributed by atoms with Gasteiger partial charge in [0, 0.05) is 64.7 Å². The number of carboxylic acid groups (broad SMARTS) is 1. The number of fused-ring (bicyclic) bond motifs is 6. The number of nitrogens with two attached hydrogens (primary N) is 1. The molecule has 0 spiro atoms. The lowest BCUT2D eigenvalue weighted by molar-refractivity contribution is -0.137. The molecule has 0 aliphatic carbocycles. The number of aromatic carboxylic acids is 1. The number of benzene rings is 4. The van der Waals surface area contributed by atoms with Crippen LogP contribution in [0.2, 0.25) is 0 Å². The lowest BCUT2D eigenvalue weighted by Crippen LogP contribution is -2.29. The Labute approximate surface area is 400 Å². The van der Waals surface area contributed by atoms with Crippen molar-refractivity contribution in [2.75, 3.05) is 20.9 Å². The summed E-state index contributed by atoms with van der Waals surface area (Å²) < 4.78 is 159. The molecule has 4 saturated heterocycles. The van der Waals surface area contributed by atoms with E-state index in [1.54, 1.807) is 6.07 Å². The molecule has 72 heavy (non-hydrogen) atoms. The van der Waals surface area contributed by atoms with Gasteiger partial charge in [-0.05, 0) is 112 Å². The molecule has 0 radical (unpaired) electrons. The number of H-pyrrole nitrogens is 2. The van der Waals surface area contributed by atoms with Gasteiger partial charge in [0.05, 0.1) is 38.7 Å². The third-order valence-electron chi connectivity index (χ3n) is 13.3. The summed E-state index contributed by atoms with van der Waals surface area (Å²) in [6, 6.07) is 15.2. The van der Waals surface area contributed by atoms with Crippen molar-refractivity contribution in [3.63, 3.8) is 0 Å². The van der Waals surface area contributed by atoms with Gasteiger partial charge in [0.25, 0.3) is 5.91 Å². The summed E-state index contributed by atoms with van der Waals surface area (Å²) in [5, 5.41) is 9.37. The molecule has 11 nitrogen and oxygen atoms in total. The quantitative estimate of drug-likeness (QED) is 0.0841. The van der Waals surface area contributed by atoms with Crippen molar-refractivity contribution in [3.8, 4) is 0 Å². The number of pyridine rings is 2. The minimum absolute atomic E-state index is 0. The molecule has 4 aliphatic rings. The lowest BCUT2D eigenvalue weighted by atomic mass is 10.0. The smallest absolute Gasteiger partial charge is 0.418 e. The number of nitrogens with zero attached hydrogens (tertiary/aromatic N) is 2. The summed E-state index contributed by atoms with van der Waals surface area (Å²) in [5.74, 6) is -2.82. The average Bonchev–Trinajstić information content (AvgIpc) is 4.11. The molecule has 4 bridgehead atoms. The highest BCUT2D eigenvalue weighted by Gasteiger charge is 2.43. The van der Waals surface area contributed by atoms with Crippen LogP contribution in [-0.4, -0.2) is 51.1 Å². The average molecular weight is 1020 g/mol. The Balaban J connectivity index is 0.000000173. The first-order chi connectivity index (χ1) is 33.2. The van der Waals surface area contributed by atoms with Crippen molar-refractivity contribution >= 4 is 56.4 Å². The lowest BCUT2D eigenvalue weighted by Gasteiger charge is -2.26. The molecule has 2 aromatic heterocycles. The van der Waals surface area contributed by atoms with Gasteiger partial charge < -0.3 is 35.9 Å². The van der Waals surface area contributed by atoms with Gasteiger partial charge in [-0.2, -0.15) is 52.7 Å². The summed E-state index contributed by atoms with van der Waals surface area (Å²) >= 11 is 0. The Kier molecular flexibility index (Phi) is 14.2. The van der Waals surface area contributed by atoms with Crippen LogP contribution in [-0.2, 0) is 24.7 Å². The molecule has 6 N–H and O–H groups in total. The summed E-state index contributed by atoms with van der Waals surface area (Å²) in [6.07, 6.45) is -8.97. The van der Waals surface area contributed by atoms with E-state index in [9.17, 15) is 71.9 Å². The zero-order valence-corrected chi connectivity index (χ0v) is 36.6. The summed E-state index contributed by atoms with van der Waals surface area (Å²) in [5.41, 5.74) is -2.54. The van der Waals surface area contributed by atoms with Crippen molar-refractivity contribution in [1.82, 2.24) is 9.97 Å². The Bertz CT molecular complexity index is 3120. The van der Waals surface area contributed by atoms with E-state index < -0.39 is 97.3 Å². The zero-order valence-electron chi connectivity index (χ0n) is 36.6. The first kappa shape index (κ1) is 52.6. The third kappa shape index (κ3) is 10.3. The highest BCUT2D eigenvalue weighted by atomic mass is 19.4. The minimum Gasteiger partial charge on any atom is -0.477 e. The minimum atomic E-state index is -4.87. The topological polar surface area (TPSA) is 165 Å². The first-order valence-corrected chi connectivity index (χ1v) is 22.0. The van der Waals surface area contributed by atoms with E-state index in [0.29, 0.717) is 29.5 Å². The van der Waals surface area contributed by atoms with Crippen LogP contribution in [0.25, 0.3) is 21.8 Å². The molecule has 6 heterocycles. The number of amides is 1. The second-order valence-electron chi connectivity index (χ2n) is 17.5. The van der Waals surface area contributed by atoms with Crippen molar-refractivity contribution < 1.29 is 67.4 Å². The number of anilines is 4. The molecule has 0 unspecified atom stereocenters. The Morgan fingerprint density at radius 1 is 0.542 bits per heavy atom. The van der Waals surface area contributed by atoms with E-state index in [4.69, 9.17) is 10.8 Å². The van der Waals surface area contributed by atoms with Crippen molar-refractivity contribution in [2.24, 2.45) is 0 Å².